The molecule has 3 N–H and O–H groups in total. The second-order valence-corrected chi connectivity index (χ2v) is 6.82. The van der Waals surface area contributed by atoms with Crippen molar-refractivity contribution in [3.05, 3.63) is 40.4 Å². The summed E-state index contributed by atoms with van der Waals surface area (Å²) in [5, 5.41) is 12.7. The van der Waals surface area contributed by atoms with Gasteiger partial charge in [0.1, 0.15) is 5.75 Å². The summed E-state index contributed by atoms with van der Waals surface area (Å²) in [4.78, 5) is 0. The Kier molecular flexibility index (Phi) is 3.74. The standard InChI is InChI=1S/C17H20BrNO/c18-14-5-4-12-10-16(20)15(9-13(12)8-14)17(11-19)6-2-1-3-7-17/h4-5,8-10,20H,1-3,6-7,11,19H2. The van der Waals surface area contributed by atoms with Crippen molar-refractivity contribution in [2.75, 3.05) is 6.54 Å². The molecule has 2 aromatic carbocycles. The van der Waals surface area contributed by atoms with E-state index in [9.17, 15) is 5.11 Å². The fraction of sp³-hybridized carbons (Fsp3) is 0.412. The topological polar surface area (TPSA) is 46.2 Å². The highest BCUT2D eigenvalue weighted by Crippen LogP contribution is 2.43. The van der Waals surface area contributed by atoms with Gasteiger partial charge in [-0.05, 0) is 47.9 Å². The maximum Gasteiger partial charge on any atom is 0.120 e. The van der Waals surface area contributed by atoms with Crippen molar-refractivity contribution in [1.82, 2.24) is 0 Å². The minimum absolute atomic E-state index is 0.0428. The van der Waals surface area contributed by atoms with E-state index >= 15 is 0 Å². The van der Waals surface area contributed by atoms with Crippen LogP contribution in [0.15, 0.2) is 34.8 Å². The number of rotatable bonds is 2. The number of halogens is 1. The lowest BCUT2D eigenvalue weighted by atomic mass is 9.69. The lowest BCUT2D eigenvalue weighted by Gasteiger charge is -2.37. The van der Waals surface area contributed by atoms with E-state index in [-0.39, 0.29) is 5.41 Å². The number of benzene rings is 2. The van der Waals surface area contributed by atoms with Gasteiger partial charge >= 0.3 is 0 Å². The van der Waals surface area contributed by atoms with Gasteiger partial charge in [-0.2, -0.15) is 0 Å². The van der Waals surface area contributed by atoms with E-state index in [1.165, 1.54) is 19.3 Å². The monoisotopic (exact) mass is 333 g/mol. The van der Waals surface area contributed by atoms with Crippen molar-refractivity contribution >= 4 is 26.7 Å². The summed E-state index contributed by atoms with van der Waals surface area (Å²) >= 11 is 3.51. The van der Waals surface area contributed by atoms with Crippen LogP contribution >= 0.6 is 15.9 Å². The number of hydrogen-bond acceptors (Lipinski definition) is 2. The average Bonchev–Trinajstić information content (AvgIpc) is 2.47. The number of hydrogen-bond donors (Lipinski definition) is 2. The summed E-state index contributed by atoms with van der Waals surface area (Å²) in [6.07, 6.45) is 5.84. The van der Waals surface area contributed by atoms with Gasteiger partial charge in [0.25, 0.3) is 0 Å². The Labute approximate surface area is 128 Å². The van der Waals surface area contributed by atoms with Crippen LogP contribution in [0.5, 0.6) is 5.75 Å². The molecule has 2 nitrogen and oxygen atoms in total. The van der Waals surface area contributed by atoms with Crippen molar-refractivity contribution in [3.8, 4) is 5.75 Å². The van der Waals surface area contributed by atoms with Crippen molar-refractivity contribution < 1.29 is 5.11 Å². The zero-order valence-electron chi connectivity index (χ0n) is 11.5. The Morgan fingerprint density at radius 3 is 2.50 bits per heavy atom. The van der Waals surface area contributed by atoms with Crippen LogP contribution in [0.1, 0.15) is 37.7 Å². The molecule has 0 heterocycles. The molecule has 0 bridgehead atoms. The lowest BCUT2D eigenvalue weighted by molar-refractivity contribution is 0.291. The van der Waals surface area contributed by atoms with Crippen LogP contribution in [0, 0.1) is 0 Å². The average molecular weight is 334 g/mol. The first kappa shape index (κ1) is 13.9. The molecule has 20 heavy (non-hydrogen) atoms. The lowest BCUT2D eigenvalue weighted by Crippen LogP contribution is -2.37. The van der Waals surface area contributed by atoms with Gasteiger partial charge in [0.15, 0.2) is 0 Å². The first-order valence-electron chi connectivity index (χ1n) is 7.27. The molecule has 3 heteroatoms. The van der Waals surface area contributed by atoms with Crippen molar-refractivity contribution in [1.29, 1.82) is 0 Å². The molecular weight excluding hydrogens is 314 g/mol. The Morgan fingerprint density at radius 2 is 1.80 bits per heavy atom. The van der Waals surface area contributed by atoms with Crippen LogP contribution in [0.2, 0.25) is 0 Å². The first-order chi connectivity index (χ1) is 9.64. The molecule has 106 valence electrons. The normalized spacial score (nSPS) is 18.3. The number of aromatic hydroxyl groups is 1. The van der Waals surface area contributed by atoms with Gasteiger partial charge in [-0.3, -0.25) is 0 Å². The summed E-state index contributed by atoms with van der Waals surface area (Å²) in [6.45, 7) is 0.611. The van der Waals surface area contributed by atoms with Gasteiger partial charge in [-0.15, -0.1) is 0 Å². The van der Waals surface area contributed by atoms with E-state index < -0.39 is 0 Å². The van der Waals surface area contributed by atoms with E-state index in [0.29, 0.717) is 12.3 Å². The molecule has 0 radical (unpaired) electrons. The van der Waals surface area contributed by atoms with Gasteiger partial charge < -0.3 is 10.8 Å². The Bertz CT molecular complexity index is 632. The number of phenolic OH excluding ortho intramolecular Hbond substituents is 1. The molecule has 1 fully saturated rings. The van der Waals surface area contributed by atoms with Crippen molar-refractivity contribution in [3.63, 3.8) is 0 Å². The van der Waals surface area contributed by atoms with E-state index in [1.807, 2.05) is 18.2 Å². The van der Waals surface area contributed by atoms with Crippen LogP contribution < -0.4 is 5.73 Å². The van der Waals surface area contributed by atoms with Crippen LogP contribution in [0.25, 0.3) is 10.8 Å². The molecule has 0 aliphatic heterocycles. The zero-order chi connectivity index (χ0) is 14.2. The third-order valence-electron chi connectivity index (χ3n) is 4.69. The first-order valence-corrected chi connectivity index (χ1v) is 8.07. The van der Waals surface area contributed by atoms with Gasteiger partial charge in [0.2, 0.25) is 0 Å². The van der Waals surface area contributed by atoms with Crippen molar-refractivity contribution in [2.24, 2.45) is 5.73 Å². The van der Waals surface area contributed by atoms with Gasteiger partial charge in [-0.1, -0.05) is 41.3 Å². The predicted octanol–water partition coefficient (Wildman–Crippen LogP) is 4.47. The van der Waals surface area contributed by atoms with E-state index in [1.54, 1.807) is 0 Å². The maximum absolute atomic E-state index is 10.5. The third-order valence-corrected chi connectivity index (χ3v) is 5.18. The number of fused-ring (bicyclic) bond motifs is 1. The Morgan fingerprint density at radius 1 is 1.05 bits per heavy atom. The number of nitrogens with two attached hydrogens (primary N) is 1. The smallest absolute Gasteiger partial charge is 0.120 e. The van der Waals surface area contributed by atoms with E-state index in [0.717, 1.165) is 33.7 Å². The zero-order valence-corrected chi connectivity index (χ0v) is 13.1. The number of phenols is 1. The molecule has 1 aliphatic rings. The molecule has 3 rings (SSSR count). The van der Waals surface area contributed by atoms with E-state index in [2.05, 4.69) is 28.1 Å². The summed E-state index contributed by atoms with van der Waals surface area (Å²) < 4.78 is 1.06. The highest BCUT2D eigenvalue weighted by Gasteiger charge is 2.34. The molecule has 0 saturated heterocycles. The summed E-state index contributed by atoms with van der Waals surface area (Å²) in [5.41, 5.74) is 7.08. The second-order valence-electron chi connectivity index (χ2n) is 5.91. The SMILES string of the molecule is NCC1(c2cc3cc(Br)ccc3cc2O)CCCCC1. The molecule has 2 aromatic rings. The summed E-state index contributed by atoms with van der Waals surface area (Å²) in [7, 11) is 0. The molecular formula is C17H20BrNO. The Hall–Kier alpha value is -1.06. The minimum atomic E-state index is -0.0428. The third kappa shape index (κ3) is 2.33. The van der Waals surface area contributed by atoms with Crippen LogP contribution in [-0.2, 0) is 5.41 Å². The Balaban J connectivity index is 2.16. The summed E-state index contributed by atoms with van der Waals surface area (Å²) in [6, 6.07) is 10.1. The van der Waals surface area contributed by atoms with Gasteiger partial charge in [-0.25, -0.2) is 0 Å². The largest absolute Gasteiger partial charge is 0.508 e. The quantitative estimate of drug-likeness (QED) is 0.851. The fourth-order valence-electron chi connectivity index (χ4n) is 3.49. The highest BCUT2D eigenvalue weighted by molar-refractivity contribution is 9.10. The molecule has 0 aromatic heterocycles. The molecule has 0 unspecified atom stereocenters. The second kappa shape index (κ2) is 5.38. The fourth-order valence-corrected chi connectivity index (χ4v) is 3.87. The molecule has 0 atom stereocenters. The highest BCUT2D eigenvalue weighted by atomic mass is 79.9. The molecule has 0 amide bonds. The summed E-state index contributed by atoms with van der Waals surface area (Å²) in [5.74, 6) is 0.396. The molecule has 0 spiro atoms. The minimum Gasteiger partial charge on any atom is -0.508 e. The van der Waals surface area contributed by atoms with Crippen LogP contribution in [0.3, 0.4) is 0 Å². The van der Waals surface area contributed by atoms with E-state index in [4.69, 9.17) is 5.73 Å². The van der Waals surface area contributed by atoms with Crippen LogP contribution in [0.4, 0.5) is 0 Å². The van der Waals surface area contributed by atoms with Crippen molar-refractivity contribution in [2.45, 2.75) is 37.5 Å². The van der Waals surface area contributed by atoms with Gasteiger partial charge in [0, 0.05) is 22.0 Å². The van der Waals surface area contributed by atoms with Crippen LogP contribution in [-0.4, -0.2) is 11.7 Å². The van der Waals surface area contributed by atoms with Gasteiger partial charge in [0.05, 0.1) is 0 Å². The molecule has 1 aliphatic carbocycles. The maximum atomic E-state index is 10.5. The molecule has 1 saturated carbocycles. The predicted molar refractivity (Wildman–Crippen MR) is 87.1 cm³/mol.